The summed E-state index contributed by atoms with van der Waals surface area (Å²) in [5.41, 5.74) is 3.06. The number of hydrogen-bond donors (Lipinski definition) is 2. The number of aromatic nitrogens is 3. The van der Waals surface area contributed by atoms with E-state index in [1.165, 1.54) is 6.92 Å². The summed E-state index contributed by atoms with van der Waals surface area (Å²) in [6.07, 6.45) is 6.12. The number of carbonyl (C=O) groups is 1. The molecule has 0 saturated heterocycles. The predicted molar refractivity (Wildman–Crippen MR) is 95.4 cm³/mol. The van der Waals surface area contributed by atoms with E-state index < -0.39 is 5.54 Å². The molecule has 25 heavy (non-hydrogen) atoms. The van der Waals surface area contributed by atoms with Crippen LogP contribution in [0.25, 0.3) is 16.9 Å². The zero-order valence-corrected chi connectivity index (χ0v) is 14.3. The van der Waals surface area contributed by atoms with Crippen LogP contribution in [0.5, 0.6) is 0 Å². The first-order chi connectivity index (χ1) is 12.1. The monoisotopic (exact) mass is 336 g/mol. The van der Waals surface area contributed by atoms with Crippen molar-refractivity contribution >= 4 is 11.6 Å². The first-order valence-electron chi connectivity index (χ1n) is 8.57. The molecule has 1 amide bonds. The minimum absolute atomic E-state index is 0.0989. The van der Waals surface area contributed by atoms with Crippen molar-refractivity contribution in [2.75, 3.05) is 0 Å². The number of unbranched alkanes of at least 4 members (excludes halogenated alkanes) is 1. The van der Waals surface area contributed by atoms with Crippen LogP contribution in [0.1, 0.15) is 44.4 Å². The Morgan fingerprint density at radius 1 is 1.36 bits per heavy atom. The molecule has 1 atom stereocenters. The minimum atomic E-state index is -0.670. The van der Waals surface area contributed by atoms with Crippen LogP contribution in [0, 0.1) is 0 Å². The second kappa shape index (κ2) is 5.58. The van der Waals surface area contributed by atoms with Gasteiger partial charge in [-0.15, -0.1) is 0 Å². The van der Waals surface area contributed by atoms with Crippen LogP contribution in [0.15, 0.2) is 41.5 Å². The minimum Gasteiger partial charge on any atom is -0.341 e. The van der Waals surface area contributed by atoms with Gasteiger partial charge in [-0.25, -0.2) is 4.98 Å². The molecule has 1 aliphatic carbocycles. The topological polar surface area (TPSA) is 79.3 Å². The maximum absolute atomic E-state index is 12.4. The Morgan fingerprint density at radius 3 is 2.92 bits per heavy atom. The number of H-pyrrole nitrogens is 1. The Bertz CT molecular complexity index is 1030. The number of fused-ring (bicyclic) bond motifs is 5. The molecule has 2 aromatic heterocycles. The highest BCUT2D eigenvalue weighted by Gasteiger charge is 2.46. The molecular weight excluding hydrogens is 316 g/mol. The fourth-order valence-electron chi connectivity index (χ4n) is 4.00. The molecule has 0 spiro atoms. The number of rotatable bonds is 4. The second-order valence-electron chi connectivity index (χ2n) is 6.53. The lowest BCUT2D eigenvalue weighted by atomic mass is 9.85. The van der Waals surface area contributed by atoms with Crippen molar-refractivity contribution in [3.8, 4) is 11.3 Å². The second-order valence-corrected chi connectivity index (χ2v) is 6.53. The van der Waals surface area contributed by atoms with Gasteiger partial charge < -0.3 is 10.3 Å². The standard InChI is InChI=1S/C19H20N4O2/c1-3-4-9-19(22-12(2)24)14-8-6-5-7-13(14)15-16(19)23-11-10-20-17(23)18(25)21-15/h5-8,10-11H,3-4,9H2,1-2H3,(H,21,25)(H,22,24). The van der Waals surface area contributed by atoms with Crippen LogP contribution in [-0.2, 0) is 10.3 Å². The average molecular weight is 336 g/mol. The molecule has 4 rings (SSSR count). The largest absolute Gasteiger partial charge is 0.341 e. The number of aromatic amines is 1. The Morgan fingerprint density at radius 2 is 2.16 bits per heavy atom. The van der Waals surface area contributed by atoms with E-state index in [0.717, 1.165) is 41.8 Å². The smallest absolute Gasteiger partial charge is 0.292 e. The van der Waals surface area contributed by atoms with Gasteiger partial charge in [0.05, 0.1) is 11.4 Å². The summed E-state index contributed by atoms with van der Waals surface area (Å²) in [5.74, 6) is -0.0989. The molecule has 6 nitrogen and oxygen atoms in total. The number of nitrogens with one attached hydrogen (secondary N) is 2. The summed E-state index contributed by atoms with van der Waals surface area (Å²) in [6, 6.07) is 7.93. The molecule has 128 valence electrons. The quantitative estimate of drug-likeness (QED) is 0.768. The van der Waals surface area contributed by atoms with Crippen molar-refractivity contribution in [1.82, 2.24) is 19.7 Å². The van der Waals surface area contributed by atoms with Crippen molar-refractivity contribution in [2.24, 2.45) is 0 Å². The molecule has 2 heterocycles. The van der Waals surface area contributed by atoms with Gasteiger partial charge in [-0.3, -0.25) is 14.0 Å². The van der Waals surface area contributed by atoms with Crippen molar-refractivity contribution in [3.63, 3.8) is 0 Å². The van der Waals surface area contributed by atoms with Gasteiger partial charge in [0, 0.05) is 24.9 Å². The van der Waals surface area contributed by atoms with Gasteiger partial charge in [0.2, 0.25) is 11.6 Å². The number of hydrogen-bond acceptors (Lipinski definition) is 3. The molecule has 0 saturated carbocycles. The molecule has 0 fully saturated rings. The lowest BCUT2D eigenvalue weighted by molar-refractivity contribution is -0.120. The lowest BCUT2D eigenvalue weighted by Gasteiger charge is -2.33. The first kappa shape index (κ1) is 15.6. The fraction of sp³-hybridized carbons (Fsp3) is 0.316. The van der Waals surface area contributed by atoms with Gasteiger partial charge in [0.15, 0.2) is 0 Å². The summed E-state index contributed by atoms with van der Waals surface area (Å²) >= 11 is 0. The molecule has 1 unspecified atom stereocenters. The predicted octanol–water partition coefficient (Wildman–Crippen LogP) is 2.57. The van der Waals surface area contributed by atoms with Crippen LogP contribution in [0.3, 0.4) is 0 Å². The van der Waals surface area contributed by atoms with E-state index in [0.29, 0.717) is 5.65 Å². The zero-order valence-electron chi connectivity index (χ0n) is 14.3. The SMILES string of the molecule is CCCCC1(NC(C)=O)c2ccccc2-c2[nH]c(=O)c3nccn3c21. The van der Waals surface area contributed by atoms with Crippen LogP contribution in [-0.4, -0.2) is 20.3 Å². The normalized spacial score (nSPS) is 18.2. The Labute approximate surface area is 144 Å². The summed E-state index contributed by atoms with van der Waals surface area (Å²) < 4.78 is 1.82. The highest BCUT2D eigenvalue weighted by molar-refractivity contribution is 5.82. The molecular formula is C19H20N4O2. The molecule has 1 aromatic carbocycles. The highest BCUT2D eigenvalue weighted by atomic mass is 16.1. The third kappa shape index (κ3) is 2.13. The van der Waals surface area contributed by atoms with Crippen molar-refractivity contribution in [2.45, 2.75) is 38.6 Å². The van der Waals surface area contributed by atoms with Gasteiger partial charge in [-0.05, 0) is 12.0 Å². The van der Waals surface area contributed by atoms with Crippen molar-refractivity contribution < 1.29 is 4.79 Å². The molecule has 1 aliphatic rings. The third-order valence-corrected chi connectivity index (χ3v) is 4.92. The first-order valence-corrected chi connectivity index (χ1v) is 8.57. The third-order valence-electron chi connectivity index (χ3n) is 4.92. The number of imidazole rings is 1. The van der Waals surface area contributed by atoms with Crippen molar-refractivity contribution in [1.29, 1.82) is 0 Å². The molecule has 0 aliphatic heterocycles. The van der Waals surface area contributed by atoms with E-state index in [1.807, 2.05) is 28.7 Å². The molecule has 3 aromatic rings. The van der Waals surface area contributed by atoms with Gasteiger partial charge in [0.25, 0.3) is 5.56 Å². The highest BCUT2D eigenvalue weighted by Crippen LogP contribution is 2.48. The number of amides is 1. The average Bonchev–Trinajstić information content (AvgIpc) is 3.16. The molecule has 6 heteroatoms. The van der Waals surface area contributed by atoms with Gasteiger partial charge in [-0.1, -0.05) is 44.0 Å². The fourth-order valence-corrected chi connectivity index (χ4v) is 4.00. The van der Waals surface area contributed by atoms with Crippen LogP contribution in [0.2, 0.25) is 0 Å². The van der Waals surface area contributed by atoms with E-state index in [1.54, 1.807) is 12.4 Å². The van der Waals surface area contributed by atoms with Gasteiger partial charge in [-0.2, -0.15) is 0 Å². The van der Waals surface area contributed by atoms with Gasteiger partial charge in [0.1, 0.15) is 5.54 Å². The van der Waals surface area contributed by atoms with Crippen molar-refractivity contribution in [3.05, 3.63) is 58.3 Å². The number of benzene rings is 1. The number of carbonyl (C=O) groups excluding carboxylic acids is 1. The summed E-state index contributed by atoms with van der Waals surface area (Å²) in [4.78, 5) is 31.7. The van der Waals surface area contributed by atoms with E-state index >= 15 is 0 Å². The van der Waals surface area contributed by atoms with Crippen LogP contribution < -0.4 is 10.9 Å². The van der Waals surface area contributed by atoms with E-state index in [4.69, 9.17) is 0 Å². The Balaban J connectivity index is 2.12. The van der Waals surface area contributed by atoms with E-state index in [-0.39, 0.29) is 11.5 Å². The Hall–Kier alpha value is -2.89. The lowest BCUT2D eigenvalue weighted by Crippen LogP contribution is -2.46. The van der Waals surface area contributed by atoms with Crippen LogP contribution in [0.4, 0.5) is 0 Å². The molecule has 0 bridgehead atoms. The summed E-state index contributed by atoms with van der Waals surface area (Å²) in [5, 5.41) is 3.19. The van der Waals surface area contributed by atoms with Crippen LogP contribution >= 0.6 is 0 Å². The maximum atomic E-state index is 12.4. The Kier molecular flexibility index (Phi) is 3.49. The molecule has 2 N–H and O–H groups in total. The van der Waals surface area contributed by atoms with E-state index in [2.05, 4.69) is 22.2 Å². The van der Waals surface area contributed by atoms with Gasteiger partial charge >= 0.3 is 0 Å². The summed E-state index contributed by atoms with van der Waals surface area (Å²) in [6.45, 7) is 3.66. The molecule has 0 radical (unpaired) electrons. The van der Waals surface area contributed by atoms with E-state index in [9.17, 15) is 9.59 Å². The maximum Gasteiger partial charge on any atom is 0.292 e. The number of nitrogens with zero attached hydrogens (tertiary/aromatic N) is 2. The summed E-state index contributed by atoms with van der Waals surface area (Å²) in [7, 11) is 0. The zero-order chi connectivity index (χ0) is 17.6.